The summed E-state index contributed by atoms with van der Waals surface area (Å²) < 4.78 is 13.6. The fourth-order valence-corrected chi connectivity index (χ4v) is 3.41. The molecule has 0 spiro atoms. The molecule has 1 aromatic rings. The Bertz CT molecular complexity index is 445. The highest BCUT2D eigenvalue weighted by molar-refractivity contribution is 5.20. The third-order valence-corrected chi connectivity index (χ3v) is 4.82. The van der Waals surface area contributed by atoms with Crippen LogP contribution in [0.1, 0.15) is 58.1 Å². The zero-order valence-electron chi connectivity index (χ0n) is 13.5. The second kappa shape index (κ2) is 7.32. The Morgan fingerprint density at radius 2 is 2.05 bits per heavy atom. The first-order chi connectivity index (χ1) is 10.1. The monoisotopic (exact) mass is 293 g/mol. The number of hydrogen-bond acceptors (Lipinski definition) is 3. The second-order valence-electron chi connectivity index (χ2n) is 6.23. The van der Waals surface area contributed by atoms with Crippen molar-refractivity contribution in [1.82, 2.24) is 15.2 Å². The van der Waals surface area contributed by atoms with Crippen molar-refractivity contribution in [3.05, 3.63) is 29.8 Å². The van der Waals surface area contributed by atoms with Gasteiger partial charge in [-0.3, -0.25) is 9.88 Å². The maximum atomic E-state index is 13.6. The van der Waals surface area contributed by atoms with Gasteiger partial charge in [0.1, 0.15) is 5.82 Å². The first kappa shape index (κ1) is 16.4. The number of hydrogen-bond donors (Lipinski definition) is 1. The van der Waals surface area contributed by atoms with Crippen LogP contribution in [0.5, 0.6) is 0 Å². The van der Waals surface area contributed by atoms with Crippen LogP contribution in [0.15, 0.2) is 18.5 Å². The van der Waals surface area contributed by atoms with Gasteiger partial charge in [-0.25, -0.2) is 4.39 Å². The normalized spacial score (nSPS) is 20.4. The highest BCUT2D eigenvalue weighted by atomic mass is 19.1. The lowest BCUT2D eigenvalue weighted by Crippen LogP contribution is -2.53. The molecular formula is C17H28FN3. The summed E-state index contributed by atoms with van der Waals surface area (Å²) in [6.45, 7) is 9.90. The van der Waals surface area contributed by atoms with Crippen LogP contribution in [0.25, 0.3) is 0 Å². The zero-order chi connectivity index (χ0) is 15.3. The molecule has 1 aromatic heterocycles. The minimum absolute atomic E-state index is 0.00113. The van der Waals surface area contributed by atoms with E-state index in [0.29, 0.717) is 0 Å². The summed E-state index contributed by atoms with van der Waals surface area (Å²) in [5.41, 5.74) is 0.959. The van der Waals surface area contributed by atoms with Gasteiger partial charge in [-0.05, 0) is 63.9 Å². The molecule has 0 aliphatic carbocycles. The maximum Gasteiger partial charge on any atom is 0.141 e. The van der Waals surface area contributed by atoms with Gasteiger partial charge in [0.25, 0.3) is 0 Å². The lowest BCUT2D eigenvalue weighted by molar-refractivity contribution is 0.0837. The fourth-order valence-electron chi connectivity index (χ4n) is 3.41. The molecule has 1 aliphatic rings. The largest absolute Gasteiger partial charge is 0.308 e. The molecule has 118 valence electrons. The molecule has 1 aliphatic heterocycles. The van der Waals surface area contributed by atoms with Gasteiger partial charge >= 0.3 is 0 Å². The highest BCUT2D eigenvalue weighted by Crippen LogP contribution is 2.36. The average Bonchev–Trinajstić information content (AvgIpc) is 3.02. The van der Waals surface area contributed by atoms with E-state index in [1.807, 2.05) is 0 Å². The van der Waals surface area contributed by atoms with Gasteiger partial charge in [0, 0.05) is 11.7 Å². The van der Waals surface area contributed by atoms with Gasteiger partial charge in [0.15, 0.2) is 0 Å². The molecule has 0 amide bonds. The smallest absolute Gasteiger partial charge is 0.141 e. The molecule has 0 bridgehead atoms. The highest BCUT2D eigenvalue weighted by Gasteiger charge is 2.40. The summed E-state index contributed by atoms with van der Waals surface area (Å²) >= 11 is 0. The van der Waals surface area contributed by atoms with E-state index in [9.17, 15) is 4.39 Å². The Kier molecular flexibility index (Phi) is 5.71. The molecule has 3 nitrogen and oxygen atoms in total. The van der Waals surface area contributed by atoms with Crippen LogP contribution in [0, 0.1) is 5.82 Å². The Hall–Kier alpha value is -1.00. The van der Waals surface area contributed by atoms with E-state index < -0.39 is 0 Å². The predicted octanol–water partition coefficient (Wildman–Crippen LogP) is 3.53. The quantitative estimate of drug-likeness (QED) is 0.833. The zero-order valence-corrected chi connectivity index (χ0v) is 13.5. The molecule has 1 N–H and O–H groups in total. The van der Waals surface area contributed by atoms with E-state index in [1.54, 1.807) is 12.3 Å². The molecule has 1 fully saturated rings. The van der Waals surface area contributed by atoms with Crippen LogP contribution in [-0.4, -0.2) is 35.1 Å². The lowest BCUT2D eigenvalue weighted by atomic mass is 9.83. The molecule has 4 heteroatoms. The third-order valence-electron chi connectivity index (χ3n) is 4.82. The SMILES string of the molecule is CCCNC(c1cncc(F)c1)C(C)(CC)N1CCCC1. The topological polar surface area (TPSA) is 28.2 Å². The van der Waals surface area contributed by atoms with Crippen molar-refractivity contribution in [2.24, 2.45) is 0 Å². The molecule has 2 rings (SSSR count). The number of halogens is 1. The molecular weight excluding hydrogens is 265 g/mol. The van der Waals surface area contributed by atoms with E-state index in [-0.39, 0.29) is 17.4 Å². The average molecular weight is 293 g/mol. The second-order valence-corrected chi connectivity index (χ2v) is 6.23. The van der Waals surface area contributed by atoms with Crippen LogP contribution in [0.4, 0.5) is 4.39 Å². The van der Waals surface area contributed by atoms with Gasteiger partial charge in [-0.1, -0.05) is 13.8 Å². The molecule has 21 heavy (non-hydrogen) atoms. The van der Waals surface area contributed by atoms with Crippen molar-refractivity contribution < 1.29 is 4.39 Å². The molecule has 2 unspecified atom stereocenters. The summed E-state index contributed by atoms with van der Waals surface area (Å²) in [5, 5.41) is 3.63. The van der Waals surface area contributed by atoms with Crippen LogP contribution < -0.4 is 5.32 Å². The first-order valence-corrected chi connectivity index (χ1v) is 8.20. The number of pyridine rings is 1. The standard InChI is InChI=1S/C17H28FN3/c1-4-8-20-16(14-11-15(18)13-19-12-14)17(3,5-2)21-9-6-7-10-21/h11-13,16,20H,4-10H2,1-3H3. The summed E-state index contributed by atoms with van der Waals surface area (Å²) in [7, 11) is 0. The maximum absolute atomic E-state index is 13.6. The Labute approximate surface area is 127 Å². The fraction of sp³-hybridized carbons (Fsp3) is 0.706. The molecule has 1 saturated heterocycles. The van der Waals surface area contributed by atoms with Gasteiger partial charge in [0.2, 0.25) is 0 Å². The predicted molar refractivity (Wildman–Crippen MR) is 84.7 cm³/mol. The molecule has 0 saturated carbocycles. The minimum atomic E-state index is -0.254. The van der Waals surface area contributed by atoms with Crippen LogP contribution in [-0.2, 0) is 0 Å². The molecule has 2 heterocycles. The summed E-state index contributed by atoms with van der Waals surface area (Å²) in [5.74, 6) is -0.254. The number of nitrogens with one attached hydrogen (secondary N) is 1. The Morgan fingerprint density at radius 1 is 1.33 bits per heavy atom. The van der Waals surface area contributed by atoms with Crippen molar-refractivity contribution in [2.75, 3.05) is 19.6 Å². The van der Waals surface area contributed by atoms with E-state index in [2.05, 4.69) is 36.0 Å². The van der Waals surface area contributed by atoms with E-state index >= 15 is 0 Å². The molecule has 0 radical (unpaired) electrons. The molecule has 2 atom stereocenters. The van der Waals surface area contributed by atoms with E-state index in [1.165, 1.54) is 19.0 Å². The van der Waals surface area contributed by atoms with Gasteiger partial charge in [-0.2, -0.15) is 0 Å². The van der Waals surface area contributed by atoms with Crippen molar-refractivity contribution in [3.8, 4) is 0 Å². The van der Waals surface area contributed by atoms with Gasteiger partial charge < -0.3 is 5.32 Å². The van der Waals surface area contributed by atoms with Crippen molar-refractivity contribution >= 4 is 0 Å². The van der Waals surface area contributed by atoms with E-state index in [4.69, 9.17) is 0 Å². The van der Waals surface area contributed by atoms with Crippen molar-refractivity contribution in [2.45, 2.75) is 58.0 Å². The summed E-state index contributed by atoms with van der Waals surface area (Å²) in [6, 6.07) is 1.74. The Morgan fingerprint density at radius 3 is 2.62 bits per heavy atom. The van der Waals surface area contributed by atoms with Gasteiger partial charge in [-0.15, -0.1) is 0 Å². The number of likely N-dealkylation sites (tertiary alicyclic amines) is 1. The Balaban J connectivity index is 2.32. The third kappa shape index (κ3) is 3.61. The summed E-state index contributed by atoms with van der Waals surface area (Å²) in [4.78, 5) is 6.61. The van der Waals surface area contributed by atoms with Crippen molar-refractivity contribution in [1.29, 1.82) is 0 Å². The first-order valence-electron chi connectivity index (χ1n) is 8.20. The van der Waals surface area contributed by atoms with Crippen LogP contribution in [0.3, 0.4) is 0 Å². The number of rotatable bonds is 7. The number of nitrogens with zero attached hydrogens (tertiary/aromatic N) is 2. The molecule has 0 aromatic carbocycles. The summed E-state index contributed by atoms with van der Waals surface area (Å²) in [6.07, 6.45) is 7.71. The van der Waals surface area contributed by atoms with Crippen molar-refractivity contribution in [3.63, 3.8) is 0 Å². The minimum Gasteiger partial charge on any atom is -0.308 e. The number of aromatic nitrogens is 1. The van der Waals surface area contributed by atoms with Crippen LogP contribution in [0.2, 0.25) is 0 Å². The van der Waals surface area contributed by atoms with E-state index in [0.717, 1.165) is 38.0 Å². The van der Waals surface area contributed by atoms with Gasteiger partial charge in [0.05, 0.1) is 12.2 Å². The lowest BCUT2D eigenvalue weighted by Gasteiger charge is -2.45. The van der Waals surface area contributed by atoms with Crippen LogP contribution >= 0.6 is 0 Å².